The smallest absolute Gasteiger partial charge is 0.312 e. The van der Waals surface area contributed by atoms with E-state index in [1.165, 1.54) is 12.7 Å². The van der Waals surface area contributed by atoms with Gasteiger partial charge in [0.1, 0.15) is 5.60 Å². The van der Waals surface area contributed by atoms with E-state index in [1.807, 2.05) is 20.8 Å². The largest absolute Gasteiger partial charge is 0.469 e. The van der Waals surface area contributed by atoms with Gasteiger partial charge in [0.25, 0.3) is 0 Å². The van der Waals surface area contributed by atoms with Crippen LogP contribution in [0.5, 0.6) is 0 Å². The molecule has 4 fully saturated rings. The van der Waals surface area contributed by atoms with E-state index in [2.05, 4.69) is 19.9 Å². The summed E-state index contributed by atoms with van der Waals surface area (Å²) in [4.78, 5) is 25.8. The minimum Gasteiger partial charge on any atom is -0.469 e. The number of carbonyl (C=O) groups excluding carboxylic acids is 2. The van der Waals surface area contributed by atoms with Crippen molar-refractivity contribution in [1.82, 2.24) is 0 Å². The van der Waals surface area contributed by atoms with Crippen LogP contribution in [0.25, 0.3) is 0 Å². The van der Waals surface area contributed by atoms with Crippen LogP contribution in [-0.4, -0.2) is 24.6 Å². The highest BCUT2D eigenvalue weighted by molar-refractivity contribution is 5.79. The quantitative estimate of drug-likeness (QED) is 0.480. The van der Waals surface area contributed by atoms with Crippen molar-refractivity contribution in [3.8, 4) is 0 Å². The molecule has 0 aliphatic heterocycles. The third kappa shape index (κ3) is 3.03. The number of hydrogen-bond acceptors (Lipinski definition) is 4. The van der Waals surface area contributed by atoms with Gasteiger partial charge >= 0.3 is 11.9 Å². The van der Waals surface area contributed by atoms with Crippen LogP contribution in [0.2, 0.25) is 0 Å². The molecule has 152 valence electrons. The predicted molar refractivity (Wildman–Crippen MR) is 105 cm³/mol. The highest BCUT2D eigenvalue weighted by Gasteiger charge is 2.67. The number of allylic oxidation sites excluding steroid dienone is 1. The lowest BCUT2D eigenvalue weighted by atomic mass is 9.43. The highest BCUT2D eigenvalue weighted by Crippen LogP contribution is 2.66. The molecule has 0 radical (unpaired) electrons. The van der Waals surface area contributed by atoms with Gasteiger partial charge in [-0.2, -0.15) is 0 Å². The molecule has 0 saturated heterocycles. The molecule has 4 aliphatic carbocycles. The topological polar surface area (TPSA) is 52.6 Å². The summed E-state index contributed by atoms with van der Waals surface area (Å²) in [5, 5.41) is 0. The van der Waals surface area contributed by atoms with Gasteiger partial charge in [-0.1, -0.05) is 19.9 Å². The van der Waals surface area contributed by atoms with E-state index in [9.17, 15) is 9.59 Å². The first-order valence-corrected chi connectivity index (χ1v) is 10.6. The fourth-order valence-electron chi connectivity index (χ4n) is 6.23. The molecule has 0 heterocycles. The minimum absolute atomic E-state index is 0.0622. The SMILES string of the molecule is CC/C=C(/C)C1(OC(=O)C(C)(C)CC)C2CC3CC1CC(C(=O)OC)(C3)C2. The van der Waals surface area contributed by atoms with Crippen molar-refractivity contribution in [2.45, 2.75) is 85.2 Å². The fourth-order valence-corrected chi connectivity index (χ4v) is 6.23. The van der Waals surface area contributed by atoms with E-state index in [0.29, 0.717) is 5.92 Å². The van der Waals surface area contributed by atoms with Gasteiger partial charge in [0.15, 0.2) is 0 Å². The Morgan fingerprint density at radius 2 is 1.70 bits per heavy atom. The zero-order valence-electron chi connectivity index (χ0n) is 17.9. The van der Waals surface area contributed by atoms with Crippen molar-refractivity contribution >= 4 is 11.9 Å². The predicted octanol–water partition coefficient (Wildman–Crippen LogP) is 5.06. The summed E-state index contributed by atoms with van der Waals surface area (Å²) in [6.45, 7) is 10.2. The summed E-state index contributed by atoms with van der Waals surface area (Å²) < 4.78 is 11.7. The first kappa shape index (κ1) is 20.4. The molecule has 0 amide bonds. The molecule has 0 aromatic carbocycles. The summed E-state index contributed by atoms with van der Waals surface area (Å²) in [5.41, 5.74) is -0.227. The van der Waals surface area contributed by atoms with E-state index in [1.54, 1.807) is 0 Å². The Balaban J connectivity index is 2.02. The first-order chi connectivity index (χ1) is 12.6. The molecule has 4 heteroatoms. The number of ether oxygens (including phenoxy) is 2. The average Bonchev–Trinajstić information content (AvgIpc) is 2.63. The molecular formula is C23H36O4. The van der Waals surface area contributed by atoms with Gasteiger partial charge < -0.3 is 9.47 Å². The molecule has 4 bridgehead atoms. The van der Waals surface area contributed by atoms with Crippen LogP contribution in [0.1, 0.15) is 79.6 Å². The van der Waals surface area contributed by atoms with Crippen molar-refractivity contribution in [2.24, 2.45) is 28.6 Å². The van der Waals surface area contributed by atoms with Crippen molar-refractivity contribution in [3.05, 3.63) is 11.6 Å². The Morgan fingerprint density at radius 1 is 1.11 bits per heavy atom. The molecule has 0 spiro atoms. The van der Waals surface area contributed by atoms with Gasteiger partial charge in [-0.25, -0.2) is 0 Å². The molecule has 4 nitrogen and oxygen atoms in total. The van der Waals surface area contributed by atoms with Crippen LogP contribution in [0.15, 0.2) is 11.6 Å². The van der Waals surface area contributed by atoms with Gasteiger partial charge in [-0.3, -0.25) is 9.59 Å². The second-order valence-corrected chi connectivity index (χ2v) is 9.83. The normalized spacial score (nSPS) is 38.0. The lowest BCUT2D eigenvalue weighted by Gasteiger charge is -2.64. The van der Waals surface area contributed by atoms with E-state index in [-0.39, 0.29) is 29.2 Å². The van der Waals surface area contributed by atoms with E-state index in [0.717, 1.165) is 44.9 Å². The van der Waals surface area contributed by atoms with Crippen molar-refractivity contribution < 1.29 is 19.1 Å². The lowest BCUT2D eigenvalue weighted by Crippen LogP contribution is -2.65. The third-order valence-electron chi connectivity index (χ3n) is 7.85. The van der Waals surface area contributed by atoms with Crippen molar-refractivity contribution in [2.75, 3.05) is 7.11 Å². The molecule has 0 N–H and O–H groups in total. The second-order valence-electron chi connectivity index (χ2n) is 9.83. The Hall–Kier alpha value is -1.32. The monoisotopic (exact) mass is 376 g/mol. The number of rotatable bonds is 6. The van der Waals surface area contributed by atoms with Crippen molar-refractivity contribution in [3.63, 3.8) is 0 Å². The van der Waals surface area contributed by atoms with Crippen LogP contribution in [0.4, 0.5) is 0 Å². The summed E-state index contributed by atoms with van der Waals surface area (Å²) in [6, 6.07) is 0. The van der Waals surface area contributed by atoms with Gasteiger partial charge in [0.05, 0.1) is 17.9 Å². The molecule has 4 aliphatic rings. The van der Waals surface area contributed by atoms with Gasteiger partial charge in [0, 0.05) is 11.8 Å². The Kier molecular flexibility index (Phi) is 5.24. The molecule has 4 saturated carbocycles. The summed E-state index contributed by atoms with van der Waals surface area (Å²) >= 11 is 0. The van der Waals surface area contributed by atoms with E-state index >= 15 is 0 Å². The average molecular weight is 377 g/mol. The summed E-state index contributed by atoms with van der Waals surface area (Å²) in [6.07, 6.45) is 8.49. The molecule has 2 atom stereocenters. The molecule has 4 rings (SSSR count). The second kappa shape index (κ2) is 6.93. The van der Waals surface area contributed by atoms with Crippen LogP contribution < -0.4 is 0 Å². The Morgan fingerprint density at radius 3 is 2.19 bits per heavy atom. The van der Waals surface area contributed by atoms with E-state index < -0.39 is 11.0 Å². The number of carbonyl (C=O) groups is 2. The van der Waals surface area contributed by atoms with Crippen LogP contribution in [0, 0.1) is 28.6 Å². The highest BCUT2D eigenvalue weighted by atomic mass is 16.6. The summed E-state index contributed by atoms with van der Waals surface area (Å²) in [5.74, 6) is 0.799. The number of methoxy groups -OCH3 is 1. The van der Waals surface area contributed by atoms with Gasteiger partial charge in [-0.05, 0) is 77.2 Å². The van der Waals surface area contributed by atoms with Crippen LogP contribution in [0.3, 0.4) is 0 Å². The zero-order valence-corrected chi connectivity index (χ0v) is 17.9. The molecule has 2 unspecified atom stereocenters. The molecule has 27 heavy (non-hydrogen) atoms. The molecule has 0 aromatic rings. The van der Waals surface area contributed by atoms with Crippen molar-refractivity contribution in [1.29, 1.82) is 0 Å². The molecule has 0 aromatic heterocycles. The van der Waals surface area contributed by atoms with Gasteiger partial charge in [-0.15, -0.1) is 0 Å². The van der Waals surface area contributed by atoms with E-state index in [4.69, 9.17) is 9.47 Å². The van der Waals surface area contributed by atoms with Crippen LogP contribution in [-0.2, 0) is 19.1 Å². The third-order valence-corrected chi connectivity index (χ3v) is 7.85. The summed E-state index contributed by atoms with van der Waals surface area (Å²) in [7, 11) is 1.50. The lowest BCUT2D eigenvalue weighted by molar-refractivity contribution is -0.223. The fraction of sp³-hybridized carbons (Fsp3) is 0.826. The minimum atomic E-state index is -0.548. The first-order valence-electron chi connectivity index (χ1n) is 10.6. The maximum atomic E-state index is 13.1. The van der Waals surface area contributed by atoms with Crippen LogP contribution >= 0.6 is 0 Å². The zero-order chi connectivity index (χ0) is 20.0. The maximum Gasteiger partial charge on any atom is 0.312 e. The Bertz CT molecular complexity index is 629. The maximum absolute atomic E-state index is 13.1. The number of esters is 2. The number of hydrogen-bond donors (Lipinski definition) is 0. The van der Waals surface area contributed by atoms with Gasteiger partial charge in [0.2, 0.25) is 0 Å². The standard InChI is InChI=1S/C23H36O4/c1-7-9-15(3)23(27-19(24)21(4,5)8-2)17-10-16-11-18(23)14-22(12-16,13-17)20(25)26-6/h9,16-18H,7-8,10-14H2,1-6H3/b15-9-. The molecular weight excluding hydrogens is 340 g/mol. The Labute approximate surface area is 164 Å².